The normalized spacial score (nSPS) is 12.6. The zero-order valence-electron chi connectivity index (χ0n) is 19.3. The van der Waals surface area contributed by atoms with Gasteiger partial charge in [0.05, 0.1) is 5.92 Å². The number of Topliss-reactive ketones (excluding diaryl/α,β-unsaturated/α-hetero) is 1. The Labute approximate surface area is 178 Å². The number of carbonyl (C=O) groups excluding carboxylic acids is 2. The minimum absolute atomic E-state index is 0.0298. The first-order valence-corrected chi connectivity index (χ1v) is 11.6. The molecule has 0 radical (unpaired) electrons. The van der Waals surface area contributed by atoms with Gasteiger partial charge in [-0.1, -0.05) is 71.1 Å². The Morgan fingerprint density at radius 3 is 1.72 bits per heavy atom. The van der Waals surface area contributed by atoms with Gasteiger partial charge in [0.2, 0.25) is 0 Å². The van der Waals surface area contributed by atoms with Crippen LogP contribution in [0.1, 0.15) is 124 Å². The van der Waals surface area contributed by atoms with Crippen LogP contribution in [0.2, 0.25) is 0 Å². The second-order valence-corrected chi connectivity index (χ2v) is 9.19. The summed E-state index contributed by atoms with van der Waals surface area (Å²) < 4.78 is 5.36. The van der Waals surface area contributed by atoms with Gasteiger partial charge in [0.15, 0.2) is 0 Å². The van der Waals surface area contributed by atoms with E-state index in [1.807, 2.05) is 0 Å². The molecule has 1 unspecified atom stereocenters. The quantitative estimate of drug-likeness (QED) is 0.206. The van der Waals surface area contributed by atoms with Crippen LogP contribution in [0.25, 0.3) is 0 Å². The van der Waals surface area contributed by atoms with Crippen molar-refractivity contribution in [2.45, 2.75) is 130 Å². The Hall–Kier alpha value is -1.39. The lowest BCUT2D eigenvalue weighted by Crippen LogP contribution is -2.30. The van der Waals surface area contributed by atoms with Gasteiger partial charge < -0.3 is 9.84 Å². The van der Waals surface area contributed by atoms with E-state index in [-0.39, 0.29) is 25.0 Å². The first-order chi connectivity index (χ1) is 13.7. The number of rotatable bonds is 18. The van der Waals surface area contributed by atoms with Gasteiger partial charge in [0.25, 0.3) is 0 Å². The van der Waals surface area contributed by atoms with Crippen molar-refractivity contribution in [2.75, 3.05) is 0 Å². The zero-order chi connectivity index (χ0) is 22.1. The number of hydrogen-bond acceptors (Lipinski definition) is 4. The van der Waals surface area contributed by atoms with Gasteiger partial charge >= 0.3 is 11.9 Å². The van der Waals surface area contributed by atoms with Crippen molar-refractivity contribution in [1.29, 1.82) is 0 Å². The molecule has 0 aliphatic heterocycles. The third-order valence-electron chi connectivity index (χ3n) is 4.98. The van der Waals surface area contributed by atoms with Crippen LogP contribution >= 0.6 is 0 Å². The molecule has 0 heterocycles. The third kappa shape index (κ3) is 18.4. The van der Waals surface area contributed by atoms with Crippen molar-refractivity contribution in [3.63, 3.8) is 0 Å². The molecule has 0 fully saturated rings. The maximum absolute atomic E-state index is 12.3. The molecule has 0 amide bonds. The highest BCUT2D eigenvalue weighted by molar-refractivity contribution is 5.84. The largest absolute Gasteiger partial charge is 0.481 e. The number of hydrogen-bond donors (Lipinski definition) is 1. The second-order valence-electron chi connectivity index (χ2n) is 9.19. The molecule has 0 aliphatic rings. The predicted molar refractivity (Wildman–Crippen MR) is 117 cm³/mol. The van der Waals surface area contributed by atoms with Gasteiger partial charge in [-0.25, -0.2) is 0 Å². The summed E-state index contributed by atoms with van der Waals surface area (Å²) in [5.41, 5.74) is -0.641. The molecule has 0 aliphatic carbocycles. The molecule has 0 aromatic rings. The van der Waals surface area contributed by atoms with Crippen molar-refractivity contribution < 1.29 is 24.2 Å². The summed E-state index contributed by atoms with van der Waals surface area (Å²) in [5, 5.41) is 8.89. The molecule has 0 aromatic carbocycles. The molecule has 1 atom stereocenters. The summed E-state index contributed by atoms with van der Waals surface area (Å²) in [6.07, 6.45) is 14.1. The van der Waals surface area contributed by atoms with Gasteiger partial charge in [-0.3, -0.25) is 14.4 Å². The summed E-state index contributed by atoms with van der Waals surface area (Å²) in [6, 6.07) is 0. The number of aliphatic carboxylic acids is 1. The summed E-state index contributed by atoms with van der Waals surface area (Å²) in [7, 11) is 0. The molecule has 170 valence electrons. The fraction of sp³-hybridized carbons (Fsp3) is 0.875. The van der Waals surface area contributed by atoms with Crippen LogP contribution in [0.4, 0.5) is 0 Å². The summed E-state index contributed by atoms with van der Waals surface area (Å²) in [5.74, 6) is -2.06. The molecule has 1 N–H and O–H groups in total. The van der Waals surface area contributed by atoms with Gasteiger partial charge in [0, 0.05) is 19.3 Å². The number of carbonyl (C=O) groups is 3. The molecule has 0 bridgehead atoms. The first-order valence-electron chi connectivity index (χ1n) is 11.6. The van der Waals surface area contributed by atoms with Gasteiger partial charge in [-0.05, 0) is 33.6 Å². The van der Waals surface area contributed by atoms with Crippen LogP contribution < -0.4 is 0 Å². The van der Waals surface area contributed by atoms with E-state index in [1.54, 1.807) is 20.8 Å². The Kier molecular flexibility index (Phi) is 15.6. The highest BCUT2D eigenvalue weighted by Gasteiger charge is 2.27. The van der Waals surface area contributed by atoms with Crippen molar-refractivity contribution >= 4 is 17.7 Å². The number of ketones is 1. The SMILES string of the molecule is CCCCCCCCCCCCCC(=O)CC(CCC(=O)O)C(=O)OC(C)(C)C. The lowest BCUT2D eigenvalue weighted by atomic mass is 9.94. The fourth-order valence-electron chi connectivity index (χ4n) is 3.35. The molecule has 5 heteroatoms. The molecule has 0 spiro atoms. The lowest BCUT2D eigenvalue weighted by Gasteiger charge is -2.23. The predicted octanol–water partition coefficient (Wildman–Crippen LogP) is 6.47. The standard InChI is InChI=1S/C24H44O5/c1-5-6-7-8-9-10-11-12-13-14-15-16-21(25)19-20(17-18-22(26)27)23(28)29-24(2,3)4/h20H,5-19H2,1-4H3,(H,26,27). The summed E-state index contributed by atoms with van der Waals surface area (Å²) in [4.78, 5) is 35.4. The topological polar surface area (TPSA) is 80.7 Å². The number of carboxylic acids is 1. The molecule has 0 saturated heterocycles. The average molecular weight is 413 g/mol. The number of unbranched alkanes of at least 4 members (excludes halogenated alkanes) is 10. The first kappa shape index (κ1) is 27.6. The monoisotopic (exact) mass is 412 g/mol. The van der Waals surface area contributed by atoms with Crippen LogP contribution in [0.15, 0.2) is 0 Å². The highest BCUT2D eigenvalue weighted by atomic mass is 16.6. The van der Waals surface area contributed by atoms with Crippen LogP contribution in [0.5, 0.6) is 0 Å². The number of ether oxygens (including phenoxy) is 1. The van der Waals surface area contributed by atoms with Crippen molar-refractivity contribution in [2.24, 2.45) is 5.92 Å². The van der Waals surface area contributed by atoms with E-state index in [1.165, 1.54) is 51.4 Å². The van der Waals surface area contributed by atoms with Gasteiger partial charge in [-0.2, -0.15) is 0 Å². The van der Waals surface area contributed by atoms with E-state index in [0.717, 1.165) is 19.3 Å². The molecule has 0 rings (SSSR count). The number of carboxylic acid groups (broad SMARTS) is 1. The van der Waals surface area contributed by atoms with Crippen LogP contribution in [0.3, 0.4) is 0 Å². The van der Waals surface area contributed by atoms with Crippen molar-refractivity contribution in [3.05, 3.63) is 0 Å². The zero-order valence-corrected chi connectivity index (χ0v) is 19.3. The van der Waals surface area contributed by atoms with Crippen molar-refractivity contribution in [3.8, 4) is 0 Å². The Balaban J connectivity index is 4.00. The maximum Gasteiger partial charge on any atom is 0.309 e. The summed E-state index contributed by atoms with van der Waals surface area (Å²) >= 11 is 0. The lowest BCUT2D eigenvalue weighted by molar-refractivity contribution is -0.161. The molecule has 29 heavy (non-hydrogen) atoms. The van der Waals surface area contributed by atoms with E-state index in [9.17, 15) is 14.4 Å². The Morgan fingerprint density at radius 2 is 1.28 bits per heavy atom. The van der Waals surface area contributed by atoms with Crippen molar-refractivity contribution in [1.82, 2.24) is 0 Å². The molecule has 5 nitrogen and oxygen atoms in total. The summed E-state index contributed by atoms with van der Waals surface area (Å²) in [6.45, 7) is 7.54. The number of esters is 1. The molecule has 0 saturated carbocycles. The maximum atomic E-state index is 12.3. The second kappa shape index (κ2) is 16.4. The van der Waals surface area contributed by atoms with Crippen LogP contribution in [-0.2, 0) is 19.1 Å². The van der Waals surface area contributed by atoms with E-state index in [4.69, 9.17) is 9.84 Å². The smallest absolute Gasteiger partial charge is 0.309 e. The highest BCUT2D eigenvalue weighted by Crippen LogP contribution is 2.20. The molecule has 0 aromatic heterocycles. The van der Waals surface area contributed by atoms with E-state index in [0.29, 0.717) is 6.42 Å². The minimum atomic E-state index is -0.962. The minimum Gasteiger partial charge on any atom is -0.481 e. The third-order valence-corrected chi connectivity index (χ3v) is 4.98. The molecular formula is C24H44O5. The Bertz CT molecular complexity index is 464. The Morgan fingerprint density at radius 1 is 0.793 bits per heavy atom. The van der Waals surface area contributed by atoms with Gasteiger partial charge in [-0.15, -0.1) is 0 Å². The van der Waals surface area contributed by atoms with Crippen LogP contribution in [-0.4, -0.2) is 28.4 Å². The fourth-order valence-corrected chi connectivity index (χ4v) is 3.35. The molecular weight excluding hydrogens is 368 g/mol. The van der Waals surface area contributed by atoms with E-state index >= 15 is 0 Å². The van der Waals surface area contributed by atoms with Crippen LogP contribution in [0, 0.1) is 5.92 Å². The van der Waals surface area contributed by atoms with Gasteiger partial charge in [0.1, 0.15) is 11.4 Å². The average Bonchev–Trinajstić information content (AvgIpc) is 2.61. The van der Waals surface area contributed by atoms with E-state index < -0.39 is 23.5 Å². The van der Waals surface area contributed by atoms with E-state index in [2.05, 4.69) is 6.92 Å².